The minimum absolute atomic E-state index is 0.0726. The molecule has 3 atom stereocenters. The van der Waals surface area contributed by atoms with Crippen LogP contribution < -0.4 is 0 Å². The minimum Gasteiger partial charge on any atom is -0.383 e. The van der Waals surface area contributed by atoms with Gasteiger partial charge in [-0.2, -0.15) is 0 Å². The number of carbonyl (C=O) groups excluding carboxylic acids is 4. The van der Waals surface area contributed by atoms with Gasteiger partial charge in [-0.25, -0.2) is 0 Å². The Morgan fingerprint density at radius 3 is 2.54 bits per heavy atom. The molecule has 0 saturated carbocycles. The molecule has 0 N–H and O–H groups in total. The van der Waals surface area contributed by atoms with Gasteiger partial charge in [0.15, 0.2) is 0 Å². The van der Waals surface area contributed by atoms with Crippen molar-refractivity contribution in [3.05, 3.63) is 42.0 Å². The number of likely N-dealkylation sites (tertiary alicyclic amines) is 1. The Hall–Kier alpha value is -2.80. The second-order valence-electron chi connectivity index (χ2n) is 5.89. The van der Waals surface area contributed by atoms with Crippen LogP contribution in [0.3, 0.4) is 0 Å². The lowest BCUT2D eigenvalue weighted by atomic mass is 9.89. The summed E-state index contributed by atoms with van der Waals surface area (Å²) in [6.07, 6.45) is 5.35. The third-order valence-corrected chi connectivity index (χ3v) is 4.34. The van der Waals surface area contributed by atoms with E-state index in [0.717, 1.165) is 5.56 Å². The summed E-state index contributed by atoms with van der Waals surface area (Å²) in [7, 11) is 1.51. The zero-order chi connectivity index (χ0) is 18.9. The zero-order valence-corrected chi connectivity index (χ0v) is 14.6. The number of methoxy groups -OCH3 is 1. The molecule has 2 rings (SSSR count). The Labute approximate surface area is 152 Å². The standard InChI is InChI=1S/C19H22N2O5/c1-26-12-10-20(14-24)18-17(8-7-15-5-3-2-4-6-15)21(19(18)25)16(13-23)9-11-22/h2-8,11,13-14,16-18H,9-10,12H2,1H3/b8-7+/t16-,17+,18?/m0/s1. The first-order chi connectivity index (χ1) is 12.7. The van der Waals surface area contributed by atoms with Crippen LogP contribution >= 0.6 is 0 Å². The van der Waals surface area contributed by atoms with Gasteiger partial charge in [0, 0.05) is 20.1 Å². The molecular weight excluding hydrogens is 336 g/mol. The summed E-state index contributed by atoms with van der Waals surface area (Å²) < 4.78 is 4.98. The van der Waals surface area contributed by atoms with Gasteiger partial charge >= 0.3 is 0 Å². The lowest BCUT2D eigenvalue weighted by Crippen LogP contribution is -2.72. The van der Waals surface area contributed by atoms with E-state index in [1.807, 2.05) is 36.4 Å². The molecule has 2 amide bonds. The molecule has 0 aromatic heterocycles. The molecule has 26 heavy (non-hydrogen) atoms. The fourth-order valence-electron chi connectivity index (χ4n) is 3.00. The van der Waals surface area contributed by atoms with Gasteiger partial charge in [-0.3, -0.25) is 9.59 Å². The second kappa shape index (κ2) is 9.62. The number of amides is 2. The lowest BCUT2D eigenvalue weighted by molar-refractivity contribution is -0.164. The van der Waals surface area contributed by atoms with Gasteiger partial charge < -0.3 is 24.1 Å². The van der Waals surface area contributed by atoms with E-state index in [0.29, 0.717) is 25.6 Å². The number of benzene rings is 1. The number of hydrogen-bond acceptors (Lipinski definition) is 5. The summed E-state index contributed by atoms with van der Waals surface area (Å²) in [5.41, 5.74) is 0.929. The third kappa shape index (κ3) is 4.23. The van der Waals surface area contributed by atoms with E-state index < -0.39 is 18.1 Å². The lowest BCUT2D eigenvalue weighted by Gasteiger charge is -2.51. The van der Waals surface area contributed by atoms with Crippen molar-refractivity contribution in [1.29, 1.82) is 0 Å². The number of rotatable bonds is 11. The topological polar surface area (TPSA) is 84.0 Å². The van der Waals surface area contributed by atoms with E-state index >= 15 is 0 Å². The van der Waals surface area contributed by atoms with Crippen LogP contribution in [-0.4, -0.2) is 73.1 Å². The number of hydrogen-bond donors (Lipinski definition) is 0. The monoisotopic (exact) mass is 358 g/mol. The van der Waals surface area contributed by atoms with Crippen LogP contribution in [0, 0.1) is 0 Å². The summed E-state index contributed by atoms with van der Waals surface area (Å²) in [6.45, 7) is 0.558. The second-order valence-corrected chi connectivity index (χ2v) is 5.89. The van der Waals surface area contributed by atoms with Crippen LogP contribution in [0.2, 0.25) is 0 Å². The molecule has 1 aliphatic rings. The van der Waals surface area contributed by atoms with E-state index in [1.54, 1.807) is 6.08 Å². The first kappa shape index (κ1) is 19.5. The SMILES string of the molecule is COCCN(C=O)C1C(=O)N([C@H](C=O)CC=O)[C@@H]1/C=C/c1ccccc1. The van der Waals surface area contributed by atoms with Crippen molar-refractivity contribution in [1.82, 2.24) is 9.80 Å². The first-order valence-corrected chi connectivity index (χ1v) is 8.32. The number of nitrogens with zero attached hydrogens (tertiary/aromatic N) is 2. The van der Waals surface area contributed by atoms with Gasteiger partial charge in [0.1, 0.15) is 18.6 Å². The van der Waals surface area contributed by atoms with E-state index in [1.165, 1.54) is 16.9 Å². The van der Waals surface area contributed by atoms with Crippen LogP contribution in [-0.2, 0) is 23.9 Å². The van der Waals surface area contributed by atoms with Crippen molar-refractivity contribution in [3.8, 4) is 0 Å². The maximum Gasteiger partial charge on any atom is 0.249 e. The van der Waals surface area contributed by atoms with Crippen molar-refractivity contribution in [2.24, 2.45) is 0 Å². The predicted octanol–water partition coefficient (Wildman–Crippen LogP) is 0.541. The molecule has 0 radical (unpaired) electrons. The van der Waals surface area contributed by atoms with Gasteiger partial charge in [0.05, 0.1) is 18.7 Å². The van der Waals surface area contributed by atoms with Crippen LogP contribution in [0.1, 0.15) is 12.0 Å². The van der Waals surface area contributed by atoms with Crippen molar-refractivity contribution in [2.45, 2.75) is 24.5 Å². The van der Waals surface area contributed by atoms with Gasteiger partial charge in [-0.15, -0.1) is 0 Å². The normalized spacial score (nSPS) is 20.5. The predicted molar refractivity (Wildman–Crippen MR) is 95.1 cm³/mol. The molecule has 0 bridgehead atoms. The summed E-state index contributed by atoms with van der Waals surface area (Å²) in [4.78, 5) is 48.9. The van der Waals surface area contributed by atoms with Crippen LogP contribution in [0.25, 0.3) is 6.08 Å². The summed E-state index contributed by atoms with van der Waals surface area (Å²) >= 11 is 0. The molecule has 1 unspecified atom stereocenters. The number of carbonyl (C=O) groups is 4. The highest BCUT2D eigenvalue weighted by atomic mass is 16.5. The summed E-state index contributed by atoms with van der Waals surface area (Å²) in [5.74, 6) is -0.352. The van der Waals surface area contributed by atoms with Crippen molar-refractivity contribution < 1.29 is 23.9 Å². The van der Waals surface area contributed by atoms with Gasteiger partial charge in [0.25, 0.3) is 0 Å². The highest BCUT2D eigenvalue weighted by molar-refractivity contribution is 5.94. The zero-order valence-electron chi connectivity index (χ0n) is 14.6. The molecule has 1 heterocycles. The molecule has 138 valence electrons. The Balaban J connectivity index is 2.26. The molecule has 1 aromatic rings. The Bertz CT molecular complexity index is 661. The summed E-state index contributed by atoms with van der Waals surface area (Å²) in [5, 5.41) is 0. The third-order valence-electron chi connectivity index (χ3n) is 4.34. The maximum absolute atomic E-state index is 12.6. The smallest absolute Gasteiger partial charge is 0.249 e. The van der Waals surface area contributed by atoms with Gasteiger partial charge in [-0.1, -0.05) is 42.5 Å². The maximum atomic E-state index is 12.6. The van der Waals surface area contributed by atoms with Crippen LogP contribution in [0.15, 0.2) is 36.4 Å². The van der Waals surface area contributed by atoms with Crippen molar-refractivity contribution >= 4 is 31.0 Å². The average Bonchev–Trinajstić information content (AvgIpc) is 2.67. The van der Waals surface area contributed by atoms with E-state index in [4.69, 9.17) is 4.74 Å². The molecule has 1 saturated heterocycles. The van der Waals surface area contributed by atoms with Crippen LogP contribution in [0.4, 0.5) is 0 Å². The number of β-lactam (4-membered cyclic amide) rings is 1. The van der Waals surface area contributed by atoms with Gasteiger partial charge in [0.2, 0.25) is 12.3 Å². The first-order valence-electron chi connectivity index (χ1n) is 8.32. The molecule has 1 aliphatic heterocycles. The highest BCUT2D eigenvalue weighted by Gasteiger charge is 2.51. The molecule has 1 fully saturated rings. The quantitative estimate of drug-likeness (QED) is 0.426. The van der Waals surface area contributed by atoms with Gasteiger partial charge in [-0.05, 0) is 5.56 Å². The highest BCUT2D eigenvalue weighted by Crippen LogP contribution is 2.29. The Morgan fingerprint density at radius 1 is 1.23 bits per heavy atom. The molecule has 0 spiro atoms. The molecule has 0 aliphatic carbocycles. The van der Waals surface area contributed by atoms with Crippen molar-refractivity contribution in [3.63, 3.8) is 0 Å². The van der Waals surface area contributed by atoms with Crippen molar-refractivity contribution in [2.75, 3.05) is 20.3 Å². The fourth-order valence-corrected chi connectivity index (χ4v) is 3.00. The largest absolute Gasteiger partial charge is 0.383 e. The van der Waals surface area contributed by atoms with E-state index in [9.17, 15) is 19.2 Å². The fraction of sp³-hybridized carbons (Fsp3) is 0.368. The number of aldehydes is 2. The van der Waals surface area contributed by atoms with E-state index in [2.05, 4.69) is 0 Å². The van der Waals surface area contributed by atoms with Crippen LogP contribution in [0.5, 0.6) is 0 Å². The molecule has 1 aromatic carbocycles. The Kier molecular flexibility index (Phi) is 7.23. The molecule has 7 heteroatoms. The summed E-state index contributed by atoms with van der Waals surface area (Å²) in [6, 6.07) is 7.44. The molecular formula is C19H22N2O5. The molecule has 7 nitrogen and oxygen atoms in total. The minimum atomic E-state index is -0.836. The average molecular weight is 358 g/mol. The number of ether oxygens (including phenoxy) is 1. The van der Waals surface area contributed by atoms with E-state index in [-0.39, 0.29) is 18.9 Å². The Morgan fingerprint density at radius 2 is 1.96 bits per heavy atom.